The van der Waals surface area contributed by atoms with Crippen molar-refractivity contribution in [2.45, 2.75) is 25.9 Å². The van der Waals surface area contributed by atoms with E-state index < -0.39 is 0 Å². The highest BCUT2D eigenvalue weighted by Gasteiger charge is 2.14. The lowest BCUT2D eigenvalue weighted by Crippen LogP contribution is -2.15. The molecule has 3 rings (SSSR count). The van der Waals surface area contributed by atoms with Gasteiger partial charge in [-0.2, -0.15) is 0 Å². The van der Waals surface area contributed by atoms with E-state index in [0.29, 0.717) is 10.3 Å². The van der Waals surface area contributed by atoms with E-state index in [1.54, 1.807) is 0 Å². The lowest BCUT2D eigenvalue weighted by Gasteiger charge is -2.07. The summed E-state index contributed by atoms with van der Waals surface area (Å²) in [6.07, 6.45) is 1.41. The first-order chi connectivity index (χ1) is 12.4. The number of carbonyl (C=O) groups is 1. The summed E-state index contributed by atoms with van der Waals surface area (Å²) in [6, 6.07) is 5.53. The second-order valence-electron chi connectivity index (χ2n) is 5.76. The van der Waals surface area contributed by atoms with E-state index in [4.69, 9.17) is 0 Å². The molecule has 0 atom stereocenters. The van der Waals surface area contributed by atoms with Gasteiger partial charge in [0.15, 0.2) is 5.16 Å². The molecule has 9 heteroatoms. The van der Waals surface area contributed by atoms with Crippen LogP contribution in [0, 0.1) is 20.8 Å². The summed E-state index contributed by atoms with van der Waals surface area (Å²) in [6.45, 7) is 6.14. The number of carbonyl (C=O) groups excluding carboxylic acids is 1. The minimum atomic E-state index is -0.250. The second-order valence-corrected chi connectivity index (χ2v) is 7.70. The molecule has 134 valence electrons. The number of amides is 1. The van der Waals surface area contributed by atoms with Crippen molar-refractivity contribution in [1.82, 2.24) is 20.2 Å². The summed E-state index contributed by atoms with van der Waals surface area (Å²) in [7, 11) is 0. The Balaban J connectivity index is 1.67. The molecule has 0 unspecified atom stereocenters. The number of hydrogen-bond donors (Lipinski definition) is 2. The molecule has 26 heavy (non-hydrogen) atoms. The molecule has 0 aliphatic rings. The van der Waals surface area contributed by atoms with Gasteiger partial charge < -0.3 is 4.98 Å². The Kier molecular flexibility index (Phi) is 5.48. The monoisotopic (exact) mass is 387 g/mol. The summed E-state index contributed by atoms with van der Waals surface area (Å²) < 4.78 is 0. The van der Waals surface area contributed by atoms with Crippen molar-refractivity contribution in [2.75, 3.05) is 11.1 Å². The molecule has 2 aromatic heterocycles. The third-order valence-corrected chi connectivity index (χ3v) is 5.29. The smallest absolute Gasteiger partial charge is 0.251 e. The Morgan fingerprint density at radius 2 is 1.96 bits per heavy atom. The van der Waals surface area contributed by atoms with Crippen molar-refractivity contribution in [3.63, 3.8) is 0 Å². The molecule has 0 bridgehead atoms. The zero-order valence-corrected chi connectivity index (χ0v) is 16.1. The number of rotatable bonds is 5. The van der Waals surface area contributed by atoms with Gasteiger partial charge in [-0.15, -0.1) is 10.2 Å². The Labute approximate surface area is 158 Å². The zero-order valence-electron chi connectivity index (χ0n) is 14.5. The number of aryl methyl sites for hydroxylation is 3. The van der Waals surface area contributed by atoms with Crippen molar-refractivity contribution in [2.24, 2.45) is 0 Å². The van der Waals surface area contributed by atoms with Gasteiger partial charge in [-0.25, -0.2) is 4.98 Å². The molecule has 7 nitrogen and oxygen atoms in total. The van der Waals surface area contributed by atoms with Crippen LogP contribution in [0.4, 0.5) is 5.13 Å². The van der Waals surface area contributed by atoms with E-state index in [1.807, 2.05) is 13.8 Å². The summed E-state index contributed by atoms with van der Waals surface area (Å²) in [5, 5.41) is 12.6. The number of nitrogens with one attached hydrogen (secondary N) is 2. The number of anilines is 1. The van der Waals surface area contributed by atoms with Crippen molar-refractivity contribution in [3.05, 3.63) is 51.4 Å². The minimum absolute atomic E-state index is 0.116. The molecule has 1 aromatic carbocycles. The molecule has 2 N–H and O–H groups in total. The molecule has 0 aliphatic carbocycles. The predicted octanol–water partition coefficient (Wildman–Crippen LogP) is 2.94. The van der Waals surface area contributed by atoms with Crippen LogP contribution in [0.5, 0.6) is 0 Å². The second kappa shape index (κ2) is 7.79. The van der Waals surface area contributed by atoms with Crippen molar-refractivity contribution < 1.29 is 4.79 Å². The molecule has 0 saturated carbocycles. The molecule has 2 heterocycles. The Bertz CT molecular complexity index is 989. The average Bonchev–Trinajstić information content (AvgIpc) is 3.00. The van der Waals surface area contributed by atoms with Crippen LogP contribution in [0.3, 0.4) is 0 Å². The summed E-state index contributed by atoms with van der Waals surface area (Å²) >= 11 is 2.49. The van der Waals surface area contributed by atoms with Gasteiger partial charge in [-0.3, -0.25) is 14.9 Å². The summed E-state index contributed by atoms with van der Waals surface area (Å²) in [4.78, 5) is 29.8. The van der Waals surface area contributed by atoms with Crippen LogP contribution in [-0.4, -0.2) is 31.8 Å². The van der Waals surface area contributed by atoms with Gasteiger partial charge in [0, 0.05) is 17.8 Å². The van der Waals surface area contributed by atoms with E-state index in [2.05, 4.69) is 44.5 Å². The first-order valence-corrected chi connectivity index (χ1v) is 9.62. The quantitative estimate of drug-likeness (QED) is 0.516. The number of aromatic nitrogens is 4. The number of nitrogens with zero attached hydrogens (tertiary/aromatic N) is 3. The Morgan fingerprint density at radius 1 is 1.23 bits per heavy atom. The molecular formula is C17H17N5O2S2. The number of H-pyrrole nitrogens is 1. The van der Waals surface area contributed by atoms with E-state index in [9.17, 15) is 9.59 Å². The highest BCUT2D eigenvalue weighted by molar-refractivity contribution is 7.99. The molecule has 1 amide bonds. The largest absolute Gasteiger partial charge is 0.301 e. The van der Waals surface area contributed by atoms with E-state index in [1.165, 1.54) is 29.2 Å². The van der Waals surface area contributed by atoms with Gasteiger partial charge in [-0.1, -0.05) is 40.8 Å². The maximum absolute atomic E-state index is 12.1. The van der Waals surface area contributed by atoms with Gasteiger partial charge in [0.1, 0.15) is 5.01 Å². The van der Waals surface area contributed by atoms with Crippen LogP contribution in [-0.2, 0) is 4.79 Å². The molecule has 0 saturated heterocycles. The molecule has 0 fully saturated rings. The van der Waals surface area contributed by atoms with Gasteiger partial charge in [0.2, 0.25) is 11.0 Å². The van der Waals surface area contributed by atoms with Gasteiger partial charge in [-0.05, 0) is 31.9 Å². The summed E-state index contributed by atoms with van der Waals surface area (Å²) in [5.74, 6) is -0.119. The van der Waals surface area contributed by atoms with E-state index in [-0.39, 0.29) is 17.2 Å². The topological polar surface area (TPSA) is 101 Å². The van der Waals surface area contributed by atoms with Gasteiger partial charge in [0.25, 0.3) is 5.56 Å². The fourth-order valence-corrected chi connectivity index (χ4v) is 4.19. The fraction of sp³-hybridized carbons (Fsp3) is 0.235. The van der Waals surface area contributed by atoms with Crippen molar-refractivity contribution in [1.29, 1.82) is 0 Å². The summed E-state index contributed by atoms with van der Waals surface area (Å²) in [5.41, 5.74) is 4.26. The lowest BCUT2D eigenvalue weighted by atomic mass is 10.0. The Hall–Kier alpha value is -2.52. The van der Waals surface area contributed by atoms with Crippen LogP contribution in [0.15, 0.2) is 34.3 Å². The van der Waals surface area contributed by atoms with Crippen molar-refractivity contribution in [3.8, 4) is 10.6 Å². The maximum atomic E-state index is 12.1. The number of aromatic amines is 1. The lowest BCUT2D eigenvalue weighted by molar-refractivity contribution is -0.113. The first kappa shape index (κ1) is 18.3. The SMILES string of the molecule is Cc1cc(C)c(-c2nnc(NC(=O)CSc3nccc(=O)[nH]3)s2)c(C)c1. The highest BCUT2D eigenvalue weighted by Crippen LogP contribution is 2.32. The highest BCUT2D eigenvalue weighted by atomic mass is 32.2. The Morgan fingerprint density at radius 3 is 2.65 bits per heavy atom. The third kappa shape index (κ3) is 4.36. The van der Waals surface area contributed by atoms with Crippen LogP contribution in [0.25, 0.3) is 10.6 Å². The molecule has 0 aliphatic heterocycles. The molecule has 0 spiro atoms. The zero-order chi connectivity index (χ0) is 18.7. The van der Waals surface area contributed by atoms with Crippen LogP contribution in [0.2, 0.25) is 0 Å². The first-order valence-electron chi connectivity index (χ1n) is 7.82. The molecular weight excluding hydrogens is 370 g/mol. The third-order valence-electron chi connectivity index (χ3n) is 3.55. The predicted molar refractivity (Wildman–Crippen MR) is 104 cm³/mol. The van der Waals surface area contributed by atoms with Gasteiger partial charge in [0.05, 0.1) is 5.75 Å². The molecule has 3 aromatic rings. The minimum Gasteiger partial charge on any atom is -0.301 e. The number of thioether (sulfide) groups is 1. The standard InChI is InChI=1S/C17H17N5O2S2/c1-9-6-10(2)14(11(3)7-9)15-21-22-17(26-15)20-13(24)8-25-16-18-5-4-12(23)19-16/h4-7H,8H2,1-3H3,(H,18,19,23)(H,20,22,24). The fourth-order valence-electron chi connectivity index (χ4n) is 2.61. The average molecular weight is 387 g/mol. The van der Waals surface area contributed by atoms with Crippen LogP contribution < -0.4 is 10.9 Å². The number of hydrogen-bond acceptors (Lipinski definition) is 7. The molecule has 0 radical (unpaired) electrons. The normalized spacial score (nSPS) is 10.7. The van der Waals surface area contributed by atoms with Crippen molar-refractivity contribution >= 4 is 34.1 Å². The van der Waals surface area contributed by atoms with E-state index >= 15 is 0 Å². The van der Waals surface area contributed by atoms with E-state index in [0.717, 1.165) is 33.5 Å². The maximum Gasteiger partial charge on any atom is 0.251 e. The number of benzene rings is 1. The van der Waals surface area contributed by atoms with Crippen LogP contribution in [0.1, 0.15) is 16.7 Å². The van der Waals surface area contributed by atoms with Gasteiger partial charge >= 0.3 is 0 Å². The van der Waals surface area contributed by atoms with Crippen LogP contribution >= 0.6 is 23.1 Å².